The quantitative estimate of drug-likeness (QED) is 0.738. The van der Waals surface area contributed by atoms with Gasteiger partial charge in [-0.15, -0.1) is 11.8 Å². The zero-order valence-electron chi connectivity index (χ0n) is 9.83. The van der Waals surface area contributed by atoms with E-state index < -0.39 is 0 Å². The van der Waals surface area contributed by atoms with E-state index in [1.165, 1.54) is 25.7 Å². The number of fused-ring (bicyclic) bond motifs is 2. The van der Waals surface area contributed by atoms with Crippen LogP contribution >= 0.6 is 11.8 Å². The molecule has 1 nitrogen and oxygen atoms in total. The zero-order valence-corrected chi connectivity index (χ0v) is 10.6. The van der Waals surface area contributed by atoms with Gasteiger partial charge in [-0.1, -0.05) is 37.6 Å². The van der Waals surface area contributed by atoms with Gasteiger partial charge in [0.25, 0.3) is 0 Å². The molecule has 1 aromatic rings. The topological polar surface area (TPSA) is 12.0 Å². The Morgan fingerprint density at radius 1 is 1.31 bits per heavy atom. The first-order valence-electron chi connectivity index (χ1n) is 6.31. The number of hydrogen-bond acceptors (Lipinski definition) is 2. The number of rotatable bonds is 0. The lowest BCUT2D eigenvalue weighted by atomic mass is 9.98. The summed E-state index contributed by atoms with van der Waals surface area (Å²) in [4.78, 5) is 0.229. The average Bonchev–Trinajstić information content (AvgIpc) is 2.58. The molecule has 0 saturated carbocycles. The van der Waals surface area contributed by atoms with Crippen molar-refractivity contribution in [2.45, 2.75) is 42.7 Å². The Balaban J connectivity index is 2.06. The molecule has 1 spiro atoms. The largest absolute Gasteiger partial charge is 0.298 e. The Morgan fingerprint density at radius 2 is 2.19 bits per heavy atom. The maximum atomic E-state index is 3.78. The highest BCUT2D eigenvalue weighted by molar-refractivity contribution is 8.01. The summed E-state index contributed by atoms with van der Waals surface area (Å²) < 4.78 is 0. The van der Waals surface area contributed by atoms with Gasteiger partial charge in [0.05, 0.1) is 4.87 Å². The standard InChI is InChI=1S/C14H19NS/c1-11-10-15-14(16-11)9-5-4-7-12-6-2-3-8-13(12)14/h2-3,6,8,11,15H,4-5,7,9-10H2,1H3. The Bertz CT molecular complexity index is 390. The van der Waals surface area contributed by atoms with Gasteiger partial charge in [0.15, 0.2) is 0 Å². The van der Waals surface area contributed by atoms with Crippen LogP contribution in [0.4, 0.5) is 0 Å². The predicted octanol–water partition coefficient (Wildman–Crippen LogP) is 3.29. The van der Waals surface area contributed by atoms with E-state index in [0.717, 1.165) is 11.8 Å². The van der Waals surface area contributed by atoms with E-state index in [2.05, 4.69) is 48.3 Å². The SMILES string of the molecule is CC1CNC2(CCCCc3ccccc32)S1. The van der Waals surface area contributed by atoms with E-state index in [4.69, 9.17) is 0 Å². The van der Waals surface area contributed by atoms with E-state index in [0.29, 0.717) is 0 Å². The third-order valence-electron chi connectivity index (χ3n) is 3.75. The highest BCUT2D eigenvalue weighted by Crippen LogP contribution is 2.47. The van der Waals surface area contributed by atoms with Gasteiger partial charge in [0, 0.05) is 11.8 Å². The van der Waals surface area contributed by atoms with Gasteiger partial charge in [-0.25, -0.2) is 0 Å². The monoisotopic (exact) mass is 233 g/mol. The van der Waals surface area contributed by atoms with Crippen LogP contribution in [0.3, 0.4) is 0 Å². The van der Waals surface area contributed by atoms with Crippen molar-refractivity contribution < 1.29 is 0 Å². The molecule has 16 heavy (non-hydrogen) atoms. The third-order valence-corrected chi connectivity index (χ3v) is 5.29. The van der Waals surface area contributed by atoms with Crippen LogP contribution < -0.4 is 5.32 Å². The summed E-state index contributed by atoms with van der Waals surface area (Å²) in [5, 5.41) is 4.52. The lowest BCUT2D eigenvalue weighted by Gasteiger charge is -2.29. The summed E-state index contributed by atoms with van der Waals surface area (Å²) in [6.45, 7) is 3.49. The normalized spacial score (nSPS) is 33.7. The van der Waals surface area contributed by atoms with Crippen LogP contribution in [0.25, 0.3) is 0 Å². The maximum absolute atomic E-state index is 3.78. The highest BCUT2D eigenvalue weighted by Gasteiger charge is 2.40. The fourth-order valence-corrected chi connectivity index (χ4v) is 4.61. The fraction of sp³-hybridized carbons (Fsp3) is 0.571. The molecule has 0 aromatic heterocycles. The minimum Gasteiger partial charge on any atom is -0.298 e. The van der Waals surface area contributed by atoms with Crippen LogP contribution in [0.5, 0.6) is 0 Å². The lowest BCUT2D eigenvalue weighted by Crippen LogP contribution is -2.34. The molecule has 2 unspecified atom stereocenters. The minimum absolute atomic E-state index is 0.229. The van der Waals surface area contributed by atoms with Crippen LogP contribution in [-0.4, -0.2) is 11.8 Å². The number of nitrogens with one attached hydrogen (secondary N) is 1. The van der Waals surface area contributed by atoms with Gasteiger partial charge < -0.3 is 0 Å². The number of thioether (sulfide) groups is 1. The molecule has 0 amide bonds. The maximum Gasteiger partial charge on any atom is 0.0907 e. The molecule has 1 aliphatic carbocycles. The van der Waals surface area contributed by atoms with Crippen molar-refractivity contribution in [3.05, 3.63) is 35.4 Å². The summed E-state index contributed by atoms with van der Waals surface area (Å²) in [6, 6.07) is 9.02. The van der Waals surface area contributed by atoms with Crippen molar-refractivity contribution in [2.75, 3.05) is 6.54 Å². The van der Waals surface area contributed by atoms with Gasteiger partial charge in [0.2, 0.25) is 0 Å². The number of hydrogen-bond donors (Lipinski definition) is 1. The highest BCUT2D eigenvalue weighted by atomic mass is 32.2. The zero-order chi connectivity index (χ0) is 11.0. The first kappa shape index (κ1) is 10.7. The summed E-state index contributed by atoms with van der Waals surface area (Å²) >= 11 is 2.13. The smallest absolute Gasteiger partial charge is 0.0907 e. The minimum atomic E-state index is 0.229. The molecule has 3 rings (SSSR count). The van der Waals surface area contributed by atoms with Gasteiger partial charge in [-0.05, 0) is 30.4 Å². The van der Waals surface area contributed by atoms with Crippen molar-refractivity contribution in [3.8, 4) is 0 Å². The molecule has 1 aliphatic heterocycles. The van der Waals surface area contributed by atoms with E-state index in [1.807, 2.05) is 0 Å². The molecule has 2 aliphatic rings. The van der Waals surface area contributed by atoms with E-state index in [1.54, 1.807) is 11.1 Å². The first-order chi connectivity index (χ1) is 7.80. The first-order valence-corrected chi connectivity index (χ1v) is 7.19. The molecule has 86 valence electrons. The molecular weight excluding hydrogens is 214 g/mol. The number of benzene rings is 1. The molecule has 1 heterocycles. The van der Waals surface area contributed by atoms with Crippen LogP contribution in [-0.2, 0) is 11.3 Å². The number of aryl methyl sites for hydroxylation is 1. The second-order valence-electron chi connectivity index (χ2n) is 5.00. The summed E-state index contributed by atoms with van der Waals surface area (Å²) in [5.74, 6) is 0. The second kappa shape index (κ2) is 4.08. The lowest BCUT2D eigenvalue weighted by molar-refractivity contribution is 0.472. The molecule has 2 atom stereocenters. The Kier molecular flexibility index (Phi) is 2.72. The Labute approximate surface area is 102 Å². The van der Waals surface area contributed by atoms with Crippen LogP contribution in [0.2, 0.25) is 0 Å². The van der Waals surface area contributed by atoms with Crippen LogP contribution in [0.1, 0.15) is 37.3 Å². The van der Waals surface area contributed by atoms with Gasteiger partial charge in [-0.3, -0.25) is 5.32 Å². The molecular formula is C14H19NS. The molecule has 1 N–H and O–H groups in total. The van der Waals surface area contributed by atoms with Crippen molar-refractivity contribution in [2.24, 2.45) is 0 Å². The molecule has 0 bridgehead atoms. The molecule has 2 heteroatoms. The fourth-order valence-electron chi connectivity index (χ4n) is 3.00. The van der Waals surface area contributed by atoms with E-state index in [-0.39, 0.29) is 4.87 Å². The van der Waals surface area contributed by atoms with E-state index in [9.17, 15) is 0 Å². The van der Waals surface area contributed by atoms with Crippen molar-refractivity contribution in [1.82, 2.24) is 5.32 Å². The molecule has 0 radical (unpaired) electrons. The van der Waals surface area contributed by atoms with Crippen LogP contribution in [0.15, 0.2) is 24.3 Å². The second-order valence-corrected chi connectivity index (χ2v) is 6.74. The summed E-state index contributed by atoms with van der Waals surface area (Å²) in [6.07, 6.45) is 5.24. The molecule has 1 saturated heterocycles. The molecule has 1 aromatic carbocycles. The van der Waals surface area contributed by atoms with Gasteiger partial charge in [-0.2, -0.15) is 0 Å². The summed E-state index contributed by atoms with van der Waals surface area (Å²) in [5.41, 5.74) is 3.12. The van der Waals surface area contributed by atoms with E-state index >= 15 is 0 Å². The van der Waals surface area contributed by atoms with Gasteiger partial charge in [0.1, 0.15) is 0 Å². The third kappa shape index (κ3) is 1.68. The van der Waals surface area contributed by atoms with Crippen LogP contribution in [0, 0.1) is 0 Å². The average molecular weight is 233 g/mol. The Morgan fingerprint density at radius 3 is 3.00 bits per heavy atom. The predicted molar refractivity (Wildman–Crippen MR) is 70.7 cm³/mol. The van der Waals surface area contributed by atoms with Crippen molar-refractivity contribution >= 4 is 11.8 Å². The summed E-state index contributed by atoms with van der Waals surface area (Å²) in [7, 11) is 0. The molecule has 1 fully saturated rings. The Hall–Kier alpha value is -0.470. The van der Waals surface area contributed by atoms with Gasteiger partial charge >= 0.3 is 0 Å². The van der Waals surface area contributed by atoms with Crippen molar-refractivity contribution in [1.29, 1.82) is 0 Å². The van der Waals surface area contributed by atoms with Crippen molar-refractivity contribution in [3.63, 3.8) is 0 Å².